The Morgan fingerprint density at radius 2 is 1.78 bits per heavy atom. The summed E-state index contributed by atoms with van der Waals surface area (Å²) >= 11 is 0. The number of hydrogen-bond acceptors (Lipinski definition) is 7. The summed E-state index contributed by atoms with van der Waals surface area (Å²) in [5.41, 5.74) is 0. The molecule has 3 rings (SSSR count). The summed E-state index contributed by atoms with van der Waals surface area (Å²) in [5.74, 6) is 1.85. The lowest BCUT2D eigenvalue weighted by Gasteiger charge is -2.12. The molecule has 0 spiro atoms. The van der Waals surface area contributed by atoms with Crippen LogP contribution in [0.1, 0.15) is 0 Å². The summed E-state index contributed by atoms with van der Waals surface area (Å²) in [4.78, 5) is 12.7. The molecule has 0 aliphatic carbocycles. The molecular formula is C17H19N5O4S. The first kappa shape index (κ1) is 18.8. The van der Waals surface area contributed by atoms with Crippen molar-refractivity contribution >= 4 is 10.0 Å². The minimum Gasteiger partial charge on any atom is -0.493 e. The molecule has 3 aromatic rings. The monoisotopic (exact) mass is 389 g/mol. The summed E-state index contributed by atoms with van der Waals surface area (Å²) < 4.78 is 39.7. The molecule has 0 bridgehead atoms. The second-order valence-electron chi connectivity index (χ2n) is 5.43. The van der Waals surface area contributed by atoms with E-state index in [0.29, 0.717) is 29.7 Å². The zero-order valence-corrected chi connectivity index (χ0v) is 15.7. The van der Waals surface area contributed by atoms with Crippen molar-refractivity contribution in [2.24, 2.45) is 0 Å². The van der Waals surface area contributed by atoms with Gasteiger partial charge in [-0.25, -0.2) is 28.1 Å². The van der Waals surface area contributed by atoms with Gasteiger partial charge in [0.05, 0.1) is 19.1 Å². The fourth-order valence-corrected chi connectivity index (χ4v) is 3.51. The highest BCUT2D eigenvalue weighted by Gasteiger charge is 2.17. The van der Waals surface area contributed by atoms with E-state index in [0.717, 1.165) is 0 Å². The summed E-state index contributed by atoms with van der Waals surface area (Å²) in [6, 6.07) is 6.15. The number of aromatic nitrogens is 4. The number of hydrogen-bond donors (Lipinski definition) is 1. The van der Waals surface area contributed by atoms with Gasteiger partial charge in [0.15, 0.2) is 23.1 Å². The molecule has 1 N–H and O–H groups in total. The van der Waals surface area contributed by atoms with Crippen LogP contribution in [0.25, 0.3) is 11.6 Å². The Bertz CT molecular complexity index is 1010. The average molecular weight is 389 g/mol. The smallest absolute Gasteiger partial charge is 0.240 e. The van der Waals surface area contributed by atoms with E-state index in [1.165, 1.54) is 26.4 Å². The molecular weight excluding hydrogens is 370 g/mol. The van der Waals surface area contributed by atoms with Crippen molar-refractivity contribution in [1.82, 2.24) is 24.2 Å². The first-order valence-electron chi connectivity index (χ1n) is 8.05. The summed E-state index contributed by atoms with van der Waals surface area (Å²) in [5, 5.41) is 0. The fourth-order valence-electron chi connectivity index (χ4n) is 2.48. The minimum absolute atomic E-state index is 0.0948. The number of rotatable bonds is 8. The fraction of sp³-hybridized carbons (Fsp3) is 0.235. The highest BCUT2D eigenvalue weighted by atomic mass is 32.2. The molecule has 0 saturated heterocycles. The Labute approximate surface area is 157 Å². The first-order valence-corrected chi connectivity index (χ1v) is 9.53. The molecule has 0 aliphatic heterocycles. The zero-order chi connectivity index (χ0) is 19.3. The number of nitrogens with zero attached hydrogens (tertiary/aromatic N) is 4. The Morgan fingerprint density at radius 1 is 1.04 bits per heavy atom. The van der Waals surface area contributed by atoms with Gasteiger partial charge in [0.25, 0.3) is 0 Å². The van der Waals surface area contributed by atoms with E-state index in [4.69, 9.17) is 9.47 Å². The molecule has 0 fully saturated rings. The van der Waals surface area contributed by atoms with Crippen LogP contribution in [-0.4, -0.2) is 48.7 Å². The van der Waals surface area contributed by atoms with E-state index >= 15 is 0 Å². The van der Waals surface area contributed by atoms with E-state index in [-0.39, 0.29) is 11.4 Å². The maximum absolute atomic E-state index is 12.5. The summed E-state index contributed by atoms with van der Waals surface area (Å²) in [6.07, 6.45) is 6.62. The van der Waals surface area contributed by atoms with Gasteiger partial charge < -0.3 is 14.0 Å². The number of benzene rings is 1. The highest BCUT2D eigenvalue weighted by Crippen LogP contribution is 2.29. The summed E-state index contributed by atoms with van der Waals surface area (Å²) in [6.45, 7) is 0.549. The van der Waals surface area contributed by atoms with Crippen molar-refractivity contribution in [3.63, 3.8) is 0 Å². The largest absolute Gasteiger partial charge is 0.493 e. The third-order valence-corrected chi connectivity index (χ3v) is 5.25. The molecule has 142 valence electrons. The van der Waals surface area contributed by atoms with Gasteiger partial charge in [0.1, 0.15) is 0 Å². The van der Waals surface area contributed by atoms with Gasteiger partial charge in [-0.05, 0) is 18.2 Å². The molecule has 10 heteroatoms. The van der Waals surface area contributed by atoms with Crippen LogP contribution in [0, 0.1) is 0 Å². The van der Waals surface area contributed by atoms with Crippen LogP contribution in [0.4, 0.5) is 0 Å². The molecule has 0 amide bonds. The lowest BCUT2D eigenvalue weighted by Crippen LogP contribution is -2.27. The minimum atomic E-state index is -3.70. The van der Waals surface area contributed by atoms with Crippen molar-refractivity contribution in [1.29, 1.82) is 0 Å². The maximum Gasteiger partial charge on any atom is 0.240 e. The van der Waals surface area contributed by atoms with Crippen LogP contribution in [0.15, 0.2) is 53.9 Å². The number of imidazole rings is 1. The molecule has 0 radical (unpaired) electrons. The Morgan fingerprint density at radius 3 is 2.48 bits per heavy atom. The number of nitrogens with one attached hydrogen (secondary N) is 1. The predicted octanol–water partition coefficient (Wildman–Crippen LogP) is 1.34. The second-order valence-corrected chi connectivity index (χ2v) is 7.20. The van der Waals surface area contributed by atoms with Crippen molar-refractivity contribution in [2.75, 3.05) is 20.8 Å². The van der Waals surface area contributed by atoms with Crippen LogP contribution in [0.3, 0.4) is 0 Å². The molecule has 2 heterocycles. The molecule has 0 saturated carbocycles. The van der Waals surface area contributed by atoms with Crippen molar-refractivity contribution < 1.29 is 17.9 Å². The van der Waals surface area contributed by atoms with Crippen molar-refractivity contribution in [3.8, 4) is 23.1 Å². The summed E-state index contributed by atoms with van der Waals surface area (Å²) in [7, 11) is -0.757. The molecule has 27 heavy (non-hydrogen) atoms. The van der Waals surface area contributed by atoms with Crippen molar-refractivity contribution in [3.05, 3.63) is 49.1 Å². The van der Waals surface area contributed by atoms with E-state index in [1.807, 2.05) is 0 Å². The molecule has 0 aliphatic rings. The second kappa shape index (κ2) is 8.14. The standard InChI is InChI=1S/C17H19N5O4S/c1-25-14-5-4-13(12-15(14)26-2)27(23,24)21-9-11-22-10-8-20-17(22)16-18-6-3-7-19-16/h3-8,10,12,21H,9,11H2,1-2H3. The molecule has 0 atom stereocenters. The number of sulfonamides is 1. The van der Waals surface area contributed by atoms with Crippen LogP contribution >= 0.6 is 0 Å². The average Bonchev–Trinajstić information content (AvgIpc) is 3.16. The molecule has 2 aromatic heterocycles. The first-order chi connectivity index (χ1) is 13.0. The van der Waals surface area contributed by atoms with Gasteiger partial charge in [-0.1, -0.05) is 0 Å². The van der Waals surface area contributed by atoms with E-state index in [9.17, 15) is 8.42 Å². The molecule has 0 unspecified atom stereocenters. The Balaban J connectivity index is 1.70. The van der Waals surface area contributed by atoms with E-state index in [2.05, 4.69) is 19.7 Å². The number of ether oxygens (including phenoxy) is 2. The van der Waals surface area contributed by atoms with Gasteiger partial charge in [-0.3, -0.25) is 0 Å². The highest BCUT2D eigenvalue weighted by molar-refractivity contribution is 7.89. The molecule has 1 aromatic carbocycles. The Hall–Kier alpha value is -2.98. The quantitative estimate of drug-likeness (QED) is 0.619. The maximum atomic E-state index is 12.5. The zero-order valence-electron chi connectivity index (χ0n) is 14.9. The van der Waals surface area contributed by atoms with Crippen LogP contribution in [0.2, 0.25) is 0 Å². The van der Waals surface area contributed by atoms with Crippen LogP contribution < -0.4 is 14.2 Å². The van der Waals surface area contributed by atoms with Crippen LogP contribution in [0.5, 0.6) is 11.5 Å². The van der Waals surface area contributed by atoms with Gasteiger partial charge in [-0.2, -0.15) is 0 Å². The molecule has 9 nitrogen and oxygen atoms in total. The normalized spacial score (nSPS) is 11.3. The third kappa shape index (κ3) is 4.23. The van der Waals surface area contributed by atoms with E-state index in [1.54, 1.807) is 41.5 Å². The SMILES string of the molecule is COc1ccc(S(=O)(=O)NCCn2ccnc2-c2ncccn2)cc1OC. The van der Waals surface area contributed by atoms with Gasteiger partial charge >= 0.3 is 0 Å². The van der Waals surface area contributed by atoms with Crippen molar-refractivity contribution in [2.45, 2.75) is 11.4 Å². The lowest BCUT2D eigenvalue weighted by molar-refractivity contribution is 0.354. The van der Waals surface area contributed by atoms with Gasteiger partial charge in [0, 0.05) is 43.9 Å². The van der Waals surface area contributed by atoms with E-state index < -0.39 is 10.0 Å². The topological polar surface area (TPSA) is 108 Å². The Kier molecular flexibility index (Phi) is 5.67. The lowest BCUT2D eigenvalue weighted by atomic mass is 10.3. The third-order valence-electron chi connectivity index (χ3n) is 3.79. The van der Waals surface area contributed by atoms with Gasteiger partial charge in [0.2, 0.25) is 10.0 Å². The predicted molar refractivity (Wildman–Crippen MR) is 98.0 cm³/mol. The van der Waals surface area contributed by atoms with Crippen LogP contribution in [-0.2, 0) is 16.6 Å². The number of methoxy groups -OCH3 is 2. The van der Waals surface area contributed by atoms with Gasteiger partial charge in [-0.15, -0.1) is 0 Å².